The highest BCUT2D eigenvalue weighted by atomic mass is 19.1. The predicted octanol–water partition coefficient (Wildman–Crippen LogP) is 5.87. The van der Waals surface area contributed by atoms with Crippen LogP contribution in [0.15, 0.2) is 91.0 Å². The number of nitrogens with zero attached hydrogens (tertiary/aromatic N) is 4. The number of nitro groups is 1. The predicted molar refractivity (Wildman–Crippen MR) is 151 cm³/mol. The molecule has 0 aliphatic rings. The summed E-state index contributed by atoms with van der Waals surface area (Å²) in [6, 6.07) is 22.7. The lowest BCUT2D eigenvalue weighted by Crippen LogP contribution is -2.38. The van der Waals surface area contributed by atoms with Crippen LogP contribution in [0.1, 0.15) is 25.3 Å². The van der Waals surface area contributed by atoms with E-state index in [4.69, 9.17) is 0 Å². The van der Waals surface area contributed by atoms with Gasteiger partial charge in [-0.15, -0.1) is 0 Å². The fourth-order valence-corrected chi connectivity index (χ4v) is 3.95. The number of hydrogen-bond acceptors (Lipinski definition) is 5. The molecule has 3 aromatic carbocycles. The molecular formula is C30H28FN5O4. The van der Waals surface area contributed by atoms with Gasteiger partial charge in [-0.3, -0.25) is 19.7 Å². The van der Waals surface area contributed by atoms with Gasteiger partial charge in [-0.25, -0.2) is 9.07 Å². The minimum absolute atomic E-state index is 0.0416. The van der Waals surface area contributed by atoms with Gasteiger partial charge in [-0.2, -0.15) is 5.10 Å². The normalized spacial score (nSPS) is 10.9. The Balaban J connectivity index is 1.52. The number of hydrogen-bond donors (Lipinski definition) is 1. The van der Waals surface area contributed by atoms with E-state index in [0.29, 0.717) is 35.7 Å². The largest absolute Gasteiger partial charge is 0.330 e. The molecule has 0 saturated carbocycles. The minimum Gasteiger partial charge on any atom is -0.330 e. The first kappa shape index (κ1) is 27.9. The highest BCUT2D eigenvalue weighted by Crippen LogP contribution is 2.25. The summed E-state index contributed by atoms with van der Waals surface area (Å²) in [6.07, 6.45) is 4.43. The first-order chi connectivity index (χ1) is 19.3. The molecule has 0 fully saturated rings. The lowest BCUT2D eigenvalue weighted by molar-refractivity contribution is -0.384. The van der Waals surface area contributed by atoms with Gasteiger partial charge in [0.1, 0.15) is 18.2 Å². The average Bonchev–Trinajstić information content (AvgIpc) is 3.38. The van der Waals surface area contributed by atoms with Gasteiger partial charge in [0.05, 0.1) is 16.3 Å². The molecule has 10 heteroatoms. The molecule has 4 rings (SSSR count). The number of aromatic nitrogens is 2. The number of non-ortho nitro benzene ring substituents is 1. The number of carbonyl (C=O) groups is 2. The Bertz CT molecular complexity index is 1500. The van der Waals surface area contributed by atoms with Crippen LogP contribution < -0.4 is 5.32 Å². The summed E-state index contributed by atoms with van der Waals surface area (Å²) in [4.78, 5) is 38.0. The van der Waals surface area contributed by atoms with Crippen molar-refractivity contribution in [2.24, 2.45) is 0 Å². The Morgan fingerprint density at radius 2 is 1.75 bits per heavy atom. The number of carbonyl (C=O) groups excluding carboxylic acids is 2. The molecule has 0 saturated heterocycles. The SMILES string of the molecule is CCCCN(CC(=O)Nc1cc(-c2ccccc2)nn1-c1ccc(F)cc1)C(=O)C=Cc1ccc([N+](=O)[O-])cc1. The Labute approximate surface area is 230 Å². The molecule has 0 spiro atoms. The second-order valence-corrected chi connectivity index (χ2v) is 9.01. The van der Waals surface area contributed by atoms with Crippen molar-refractivity contribution in [3.63, 3.8) is 0 Å². The Morgan fingerprint density at radius 1 is 1.05 bits per heavy atom. The number of halogens is 1. The van der Waals surface area contributed by atoms with Crippen molar-refractivity contribution >= 4 is 29.4 Å². The second kappa shape index (κ2) is 13.1. The molecule has 0 atom stereocenters. The zero-order chi connectivity index (χ0) is 28.5. The summed E-state index contributed by atoms with van der Waals surface area (Å²) in [6.45, 7) is 2.17. The number of amides is 2. The smallest absolute Gasteiger partial charge is 0.269 e. The highest BCUT2D eigenvalue weighted by Gasteiger charge is 2.18. The van der Waals surface area contributed by atoms with Crippen LogP contribution in [0.25, 0.3) is 23.0 Å². The standard InChI is InChI=1S/C30H28FN5O4/c1-2-3-19-34(30(38)18-11-22-9-14-26(15-10-22)36(39)40)21-29(37)32-28-20-27(23-7-5-4-6-8-23)33-35(28)25-16-12-24(31)13-17-25/h4-18,20H,2-3,19,21H2,1H3,(H,32,37). The Hall–Kier alpha value is -5.12. The zero-order valence-electron chi connectivity index (χ0n) is 21.9. The molecule has 1 N–H and O–H groups in total. The van der Waals surface area contributed by atoms with E-state index < -0.39 is 16.6 Å². The third-order valence-corrected chi connectivity index (χ3v) is 6.07. The van der Waals surface area contributed by atoms with Gasteiger partial charge in [-0.1, -0.05) is 43.7 Å². The van der Waals surface area contributed by atoms with E-state index in [1.54, 1.807) is 36.4 Å². The van der Waals surface area contributed by atoms with Gasteiger partial charge in [0.15, 0.2) is 0 Å². The number of unbranched alkanes of at least 4 members (excludes halogenated alkanes) is 1. The summed E-state index contributed by atoms with van der Waals surface area (Å²) in [5, 5.41) is 18.3. The molecule has 0 bridgehead atoms. The zero-order valence-corrected chi connectivity index (χ0v) is 21.9. The quantitative estimate of drug-likeness (QED) is 0.145. The number of nitrogens with one attached hydrogen (secondary N) is 1. The van der Waals surface area contributed by atoms with Crippen molar-refractivity contribution in [3.8, 4) is 16.9 Å². The topological polar surface area (TPSA) is 110 Å². The second-order valence-electron chi connectivity index (χ2n) is 9.01. The van der Waals surface area contributed by atoms with Crippen molar-refractivity contribution in [1.29, 1.82) is 0 Å². The van der Waals surface area contributed by atoms with Crippen molar-refractivity contribution < 1.29 is 18.9 Å². The van der Waals surface area contributed by atoms with Gasteiger partial charge < -0.3 is 10.2 Å². The van der Waals surface area contributed by atoms with Crippen LogP contribution >= 0.6 is 0 Å². The lowest BCUT2D eigenvalue weighted by atomic mass is 10.1. The third kappa shape index (κ3) is 7.25. The van der Waals surface area contributed by atoms with Crippen molar-refractivity contribution in [1.82, 2.24) is 14.7 Å². The summed E-state index contributed by atoms with van der Waals surface area (Å²) in [7, 11) is 0. The first-order valence-electron chi connectivity index (χ1n) is 12.8. The highest BCUT2D eigenvalue weighted by molar-refractivity contribution is 5.98. The minimum atomic E-state index is -0.491. The monoisotopic (exact) mass is 541 g/mol. The van der Waals surface area contributed by atoms with Crippen LogP contribution in [0.2, 0.25) is 0 Å². The molecule has 0 radical (unpaired) electrons. The molecule has 204 valence electrons. The first-order valence-corrected chi connectivity index (χ1v) is 12.8. The summed E-state index contributed by atoms with van der Waals surface area (Å²) in [5.41, 5.74) is 2.60. The third-order valence-electron chi connectivity index (χ3n) is 6.07. The van der Waals surface area contributed by atoms with Crippen LogP contribution in [0, 0.1) is 15.9 Å². The molecule has 0 unspecified atom stereocenters. The average molecular weight is 542 g/mol. The molecule has 4 aromatic rings. The molecule has 2 amide bonds. The van der Waals surface area contributed by atoms with E-state index in [1.807, 2.05) is 37.3 Å². The number of benzene rings is 3. The van der Waals surface area contributed by atoms with E-state index in [1.165, 1.54) is 39.9 Å². The maximum atomic E-state index is 13.6. The molecule has 1 heterocycles. The Kier molecular flexibility index (Phi) is 9.14. The van der Waals surface area contributed by atoms with Crippen LogP contribution in [0.3, 0.4) is 0 Å². The maximum absolute atomic E-state index is 13.6. The van der Waals surface area contributed by atoms with Crippen molar-refractivity contribution in [3.05, 3.63) is 113 Å². The van der Waals surface area contributed by atoms with Gasteiger partial charge in [0, 0.05) is 36.4 Å². The number of rotatable bonds is 11. The fourth-order valence-electron chi connectivity index (χ4n) is 3.95. The van der Waals surface area contributed by atoms with Crippen LogP contribution in [-0.2, 0) is 9.59 Å². The Morgan fingerprint density at radius 3 is 2.40 bits per heavy atom. The van der Waals surface area contributed by atoms with Crippen molar-refractivity contribution in [2.45, 2.75) is 19.8 Å². The van der Waals surface area contributed by atoms with Gasteiger partial charge in [-0.05, 0) is 54.5 Å². The molecule has 1 aromatic heterocycles. The van der Waals surface area contributed by atoms with Gasteiger partial charge in [0.2, 0.25) is 11.8 Å². The van der Waals surface area contributed by atoms with Crippen LogP contribution in [-0.4, -0.2) is 44.5 Å². The molecule has 9 nitrogen and oxygen atoms in total. The molecule has 0 aliphatic heterocycles. The van der Waals surface area contributed by atoms with E-state index in [2.05, 4.69) is 10.4 Å². The summed E-state index contributed by atoms with van der Waals surface area (Å²) in [5.74, 6) is -0.800. The van der Waals surface area contributed by atoms with E-state index in [9.17, 15) is 24.1 Å². The van der Waals surface area contributed by atoms with Crippen LogP contribution in [0.5, 0.6) is 0 Å². The molecule has 40 heavy (non-hydrogen) atoms. The molecular weight excluding hydrogens is 513 g/mol. The van der Waals surface area contributed by atoms with Gasteiger partial charge in [0.25, 0.3) is 5.69 Å². The van der Waals surface area contributed by atoms with Crippen molar-refractivity contribution in [2.75, 3.05) is 18.4 Å². The summed E-state index contributed by atoms with van der Waals surface area (Å²) < 4.78 is 15.1. The van der Waals surface area contributed by atoms with Crippen LogP contribution in [0.4, 0.5) is 15.9 Å². The van der Waals surface area contributed by atoms with E-state index in [-0.39, 0.29) is 18.1 Å². The van der Waals surface area contributed by atoms with E-state index in [0.717, 1.165) is 12.0 Å². The lowest BCUT2D eigenvalue weighted by Gasteiger charge is -2.20. The summed E-state index contributed by atoms with van der Waals surface area (Å²) >= 11 is 0. The number of anilines is 1. The molecule has 0 aliphatic carbocycles. The van der Waals surface area contributed by atoms with E-state index >= 15 is 0 Å². The maximum Gasteiger partial charge on any atom is 0.269 e. The van der Waals surface area contributed by atoms with Gasteiger partial charge >= 0.3 is 0 Å². The fraction of sp³-hybridized carbons (Fsp3) is 0.167. The number of nitro benzene ring substituents is 1.